The van der Waals surface area contributed by atoms with E-state index in [1.54, 1.807) is 54.6 Å². The number of hydrogen-bond acceptors (Lipinski definition) is 6. The summed E-state index contributed by atoms with van der Waals surface area (Å²) >= 11 is 6.16. The molecular weight excluding hydrogens is 638 g/mol. The van der Waals surface area contributed by atoms with Gasteiger partial charge in [0.2, 0.25) is 11.8 Å². The summed E-state index contributed by atoms with van der Waals surface area (Å²) in [5, 5.41) is 3.56. The minimum Gasteiger partial charge on any atom is -0.493 e. The molecule has 0 aliphatic heterocycles. The predicted molar refractivity (Wildman–Crippen MR) is 184 cm³/mol. The number of carbonyl (C=O) groups is 2. The summed E-state index contributed by atoms with van der Waals surface area (Å²) in [6.07, 6.45) is 0.913. The molecule has 0 radical (unpaired) electrons. The lowest BCUT2D eigenvalue weighted by Crippen LogP contribution is -2.54. The highest BCUT2D eigenvalue weighted by molar-refractivity contribution is 7.92. The van der Waals surface area contributed by atoms with E-state index in [2.05, 4.69) is 5.32 Å². The molecule has 47 heavy (non-hydrogen) atoms. The molecule has 0 fully saturated rings. The molecule has 0 unspecified atom stereocenters. The van der Waals surface area contributed by atoms with E-state index in [0.29, 0.717) is 17.2 Å². The zero-order valence-electron chi connectivity index (χ0n) is 26.9. The highest BCUT2D eigenvalue weighted by Crippen LogP contribution is 2.32. The van der Waals surface area contributed by atoms with Crippen molar-refractivity contribution >= 4 is 39.1 Å². The highest BCUT2D eigenvalue weighted by atomic mass is 35.5. The largest absolute Gasteiger partial charge is 0.493 e. The van der Waals surface area contributed by atoms with Crippen LogP contribution in [0.5, 0.6) is 11.5 Å². The summed E-state index contributed by atoms with van der Waals surface area (Å²) in [6.45, 7) is 3.33. The number of rotatable bonds is 15. The molecule has 0 aliphatic carbocycles. The number of halogens is 1. The molecule has 0 saturated carbocycles. The van der Waals surface area contributed by atoms with Crippen molar-refractivity contribution in [1.82, 2.24) is 10.2 Å². The molecule has 4 aromatic rings. The summed E-state index contributed by atoms with van der Waals surface area (Å²) in [6, 6.07) is 28.0. The monoisotopic (exact) mass is 677 g/mol. The van der Waals surface area contributed by atoms with Gasteiger partial charge in [-0.1, -0.05) is 79.2 Å². The molecule has 11 heteroatoms. The normalized spacial score (nSPS) is 12.4. The van der Waals surface area contributed by atoms with Gasteiger partial charge in [-0.15, -0.1) is 0 Å². The van der Waals surface area contributed by atoms with Crippen LogP contribution in [0, 0.1) is 0 Å². The molecule has 2 amide bonds. The third kappa shape index (κ3) is 9.05. The number of sulfonamides is 1. The van der Waals surface area contributed by atoms with E-state index < -0.39 is 28.5 Å². The third-order valence-electron chi connectivity index (χ3n) is 7.80. The Kier molecular flexibility index (Phi) is 12.3. The molecular formula is C36H40ClN3O6S. The van der Waals surface area contributed by atoms with Gasteiger partial charge in [0.1, 0.15) is 12.6 Å². The molecule has 1 N–H and O–H groups in total. The minimum absolute atomic E-state index is 0.0421. The Bertz CT molecular complexity index is 1740. The third-order valence-corrected chi connectivity index (χ3v) is 9.83. The molecule has 4 aromatic carbocycles. The van der Waals surface area contributed by atoms with Crippen LogP contribution in [0.15, 0.2) is 108 Å². The zero-order valence-corrected chi connectivity index (χ0v) is 28.5. The van der Waals surface area contributed by atoms with Gasteiger partial charge in [0.15, 0.2) is 11.5 Å². The fraction of sp³-hybridized carbons (Fsp3) is 0.278. The number of para-hydroxylation sites is 1. The minimum atomic E-state index is -4.31. The molecule has 248 valence electrons. The number of methoxy groups -OCH3 is 2. The Hall–Kier alpha value is -4.54. The van der Waals surface area contributed by atoms with Gasteiger partial charge in [-0.25, -0.2) is 8.42 Å². The van der Waals surface area contributed by atoms with Crippen molar-refractivity contribution in [2.45, 2.75) is 50.2 Å². The molecule has 0 saturated heterocycles. The topological polar surface area (TPSA) is 105 Å². The fourth-order valence-corrected chi connectivity index (χ4v) is 6.56. The van der Waals surface area contributed by atoms with Gasteiger partial charge in [0, 0.05) is 30.1 Å². The van der Waals surface area contributed by atoms with Crippen molar-refractivity contribution in [3.05, 3.63) is 119 Å². The second-order valence-corrected chi connectivity index (χ2v) is 13.3. The number of ether oxygens (including phenoxy) is 2. The van der Waals surface area contributed by atoms with Crippen molar-refractivity contribution in [3.63, 3.8) is 0 Å². The summed E-state index contributed by atoms with van der Waals surface area (Å²) in [5.41, 5.74) is 1.86. The summed E-state index contributed by atoms with van der Waals surface area (Å²) < 4.78 is 40.3. The molecule has 0 heterocycles. The zero-order chi connectivity index (χ0) is 34.0. The molecule has 9 nitrogen and oxygen atoms in total. The smallest absolute Gasteiger partial charge is 0.264 e. The van der Waals surface area contributed by atoms with Crippen LogP contribution >= 0.6 is 11.6 Å². The number of anilines is 1. The van der Waals surface area contributed by atoms with Crippen LogP contribution in [0.25, 0.3) is 0 Å². The Morgan fingerprint density at radius 1 is 0.830 bits per heavy atom. The average molecular weight is 678 g/mol. The number of nitrogens with one attached hydrogen (secondary N) is 1. The number of carbonyl (C=O) groups excluding carboxylic acids is 2. The maximum absolute atomic E-state index is 14.6. The number of hydrogen-bond donors (Lipinski definition) is 1. The molecule has 0 aromatic heterocycles. The number of amides is 2. The van der Waals surface area contributed by atoms with E-state index >= 15 is 0 Å². The van der Waals surface area contributed by atoms with E-state index in [9.17, 15) is 18.0 Å². The van der Waals surface area contributed by atoms with Crippen LogP contribution in [0.1, 0.15) is 31.4 Å². The van der Waals surface area contributed by atoms with Crippen LogP contribution < -0.4 is 19.1 Å². The fourth-order valence-electron chi connectivity index (χ4n) is 5.01. The second kappa shape index (κ2) is 16.3. The standard InChI is InChI=1S/C36H40ClN3O6S/c1-5-26(2)38-36(42)32(22-27-12-8-6-9-13-27)39(24-28-16-18-29(37)19-17-28)35(41)25-40(30-14-10-7-11-15-30)47(43,44)31-20-21-33(45-3)34(23-31)46-4/h6-21,23,26,32H,5,22,24-25H2,1-4H3,(H,38,42)/t26-,32+/m1/s1. The first-order valence-corrected chi connectivity index (χ1v) is 17.1. The van der Waals surface area contributed by atoms with E-state index in [0.717, 1.165) is 15.4 Å². The van der Waals surface area contributed by atoms with Gasteiger partial charge in [0.25, 0.3) is 10.0 Å². The van der Waals surface area contributed by atoms with Crippen molar-refractivity contribution in [1.29, 1.82) is 0 Å². The van der Waals surface area contributed by atoms with Gasteiger partial charge in [-0.3, -0.25) is 13.9 Å². The van der Waals surface area contributed by atoms with Gasteiger partial charge >= 0.3 is 0 Å². The second-order valence-electron chi connectivity index (χ2n) is 11.0. The molecule has 0 bridgehead atoms. The molecule has 2 atom stereocenters. The van der Waals surface area contributed by atoms with Gasteiger partial charge < -0.3 is 19.7 Å². The first-order valence-electron chi connectivity index (χ1n) is 15.2. The van der Waals surface area contributed by atoms with Gasteiger partial charge in [-0.05, 0) is 60.9 Å². The van der Waals surface area contributed by atoms with E-state index in [1.807, 2.05) is 44.2 Å². The van der Waals surface area contributed by atoms with E-state index in [4.69, 9.17) is 21.1 Å². The molecule has 4 rings (SSSR count). The van der Waals surface area contributed by atoms with Crippen LogP contribution in [0.2, 0.25) is 5.02 Å². The first kappa shape index (κ1) is 35.3. The average Bonchev–Trinajstić information content (AvgIpc) is 3.09. The van der Waals surface area contributed by atoms with Crippen molar-refractivity contribution in [2.24, 2.45) is 0 Å². The lowest BCUT2D eigenvalue weighted by molar-refractivity contribution is -0.140. The maximum atomic E-state index is 14.6. The van der Waals surface area contributed by atoms with Gasteiger partial charge in [-0.2, -0.15) is 0 Å². The number of benzene rings is 4. The number of nitrogens with zero attached hydrogens (tertiary/aromatic N) is 2. The molecule has 0 aliphatic rings. The van der Waals surface area contributed by atoms with Crippen LogP contribution in [0.4, 0.5) is 5.69 Å². The highest BCUT2D eigenvalue weighted by Gasteiger charge is 2.35. The Balaban J connectivity index is 1.81. The van der Waals surface area contributed by atoms with Crippen LogP contribution in [0.3, 0.4) is 0 Å². The Morgan fingerprint density at radius 2 is 1.45 bits per heavy atom. The predicted octanol–water partition coefficient (Wildman–Crippen LogP) is 6.11. The first-order chi connectivity index (χ1) is 22.6. The van der Waals surface area contributed by atoms with Crippen LogP contribution in [-0.4, -0.2) is 58.0 Å². The van der Waals surface area contributed by atoms with Crippen molar-refractivity contribution < 1.29 is 27.5 Å². The maximum Gasteiger partial charge on any atom is 0.264 e. The van der Waals surface area contributed by atoms with E-state index in [-0.39, 0.29) is 41.2 Å². The summed E-state index contributed by atoms with van der Waals surface area (Å²) in [5.74, 6) is -0.312. The van der Waals surface area contributed by atoms with Crippen molar-refractivity contribution in [3.8, 4) is 11.5 Å². The lowest BCUT2D eigenvalue weighted by atomic mass is 10.0. The van der Waals surface area contributed by atoms with E-state index in [1.165, 1.54) is 37.3 Å². The quantitative estimate of drug-likeness (QED) is 0.163. The summed E-state index contributed by atoms with van der Waals surface area (Å²) in [4.78, 5) is 29.8. The Labute approximate surface area is 282 Å². The van der Waals surface area contributed by atoms with Gasteiger partial charge in [0.05, 0.1) is 24.8 Å². The lowest BCUT2D eigenvalue weighted by Gasteiger charge is -2.34. The van der Waals surface area contributed by atoms with Crippen LogP contribution in [-0.2, 0) is 32.6 Å². The summed E-state index contributed by atoms with van der Waals surface area (Å²) in [7, 11) is -1.44. The molecule has 0 spiro atoms. The van der Waals surface area contributed by atoms with Crippen molar-refractivity contribution in [2.75, 3.05) is 25.1 Å². The Morgan fingerprint density at radius 3 is 2.04 bits per heavy atom. The SMILES string of the molecule is CC[C@@H](C)NC(=O)[C@H](Cc1ccccc1)N(Cc1ccc(Cl)cc1)C(=O)CN(c1ccccc1)S(=O)(=O)c1ccc(OC)c(OC)c1.